The number of amides is 1. The second-order valence-electron chi connectivity index (χ2n) is 6.45. The van der Waals surface area contributed by atoms with Crippen LogP contribution < -0.4 is 0 Å². The Morgan fingerprint density at radius 2 is 2.13 bits per heavy atom. The van der Waals surface area contributed by atoms with Gasteiger partial charge in [0.1, 0.15) is 0 Å². The van der Waals surface area contributed by atoms with Gasteiger partial charge in [0.05, 0.1) is 11.7 Å². The van der Waals surface area contributed by atoms with Crippen LogP contribution in [0.1, 0.15) is 42.5 Å². The fourth-order valence-electron chi connectivity index (χ4n) is 3.70. The van der Waals surface area contributed by atoms with Crippen molar-refractivity contribution in [3.63, 3.8) is 0 Å². The predicted molar refractivity (Wildman–Crippen MR) is 90.2 cm³/mol. The molecule has 1 amide bonds. The van der Waals surface area contributed by atoms with Gasteiger partial charge >= 0.3 is 0 Å². The number of halogens is 1. The molecule has 2 heterocycles. The Labute approximate surface area is 141 Å². The summed E-state index contributed by atoms with van der Waals surface area (Å²) in [5.41, 5.74) is 2.20. The highest BCUT2D eigenvalue weighted by Gasteiger charge is 2.47. The SMILES string of the molecule is O=C([C@@H]1C[C@@H]1c1cccc(Cl)c1)N1CCC[C@H]1c1ccccn1. The van der Waals surface area contributed by atoms with Crippen LogP contribution >= 0.6 is 11.6 Å². The summed E-state index contributed by atoms with van der Waals surface area (Å²) in [4.78, 5) is 19.4. The average Bonchev–Trinajstić information content (AvgIpc) is 3.23. The Kier molecular flexibility index (Phi) is 3.82. The lowest BCUT2D eigenvalue weighted by Gasteiger charge is -2.24. The van der Waals surface area contributed by atoms with Gasteiger partial charge in [-0.3, -0.25) is 9.78 Å². The third kappa shape index (κ3) is 2.86. The fourth-order valence-corrected chi connectivity index (χ4v) is 3.90. The number of likely N-dealkylation sites (tertiary alicyclic amines) is 1. The van der Waals surface area contributed by atoms with Crippen LogP contribution in [0.25, 0.3) is 0 Å². The Bertz CT molecular complexity index is 718. The standard InChI is InChI=1S/C19H19ClN2O/c20-14-6-3-5-13(11-14)15-12-16(15)19(23)22-10-4-8-18(22)17-7-1-2-9-21-17/h1-3,5-7,9,11,15-16,18H,4,8,10,12H2/t15-,16-,18+/m1/s1. The highest BCUT2D eigenvalue weighted by molar-refractivity contribution is 6.30. The molecule has 2 aliphatic rings. The van der Waals surface area contributed by atoms with Gasteiger partial charge < -0.3 is 4.90 Å². The Morgan fingerprint density at radius 1 is 1.22 bits per heavy atom. The molecule has 0 bridgehead atoms. The first-order chi connectivity index (χ1) is 11.2. The predicted octanol–water partition coefficient (Wildman–Crippen LogP) is 4.20. The molecule has 1 saturated carbocycles. The molecule has 118 valence electrons. The van der Waals surface area contributed by atoms with Crippen molar-refractivity contribution in [3.8, 4) is 0 Å². The van der Waals surface area contributed by atoms with Crippen LogP contribution in [0.15, 0.2) is 48.7 Å². The van der Waals surface area contributed by atoms with E-state index in [4.69, 9.17) is 11.6 Å². The molecule has 23 heavy (non-hydrogen) atoms. The summed E-state index contributed by atoms with van der Waals surface area (Å²) in [6, 6.07) is 14.0. The molecule has 4 rings (SSSR count). The largest absolute Gasteiger partial charge is 0.334 e. The second-order valence-corrected chi connectivity index (χ2v) is 6.88. The minimum absolute atomic E-state index is 0.109. The van der Waals surface area contributed by atoms with Crippen molar-refractivity contribution < 1.29 is 4.79 Å². The third-order valence-corrected chi connectivity index (χ3v) is 5.18. The molecule has 1 aromatic heterocycles. The Hall–Kier alpha value is -1.87. The molecule has 1 aromatic carbocycles. The average molecular weight is 327 g/mol. The third-order valence-electron chi connectivity index (χ3n) is 4.95. The van der Waals surface area contributed by atoms with Crippen LogP contribution in [0.5, 0.6) is 0 Å². The van der Waals surface area contributed by atoms with E-state index in [0.717, 1.165) is 36.5 Å². The highest BCUT2D eigenvalue weighted by Crippen LogP contribution is 2.50. The summed E-state index contributed by atoms with van der Waals surface area (Å²) in [5, 5.41) is 0.744. The monoisotopic (exact) mass is 326 g/mol. The van der Waals surface area contributed by atoms with Crippen LogP contribution in [0, 0.1) is 5.92 Å². The zero-order chi connectivity index (χ0) is 15.8. The quantitative estimate of drug-likeness (QED) is 0.846. The minimum atomic E-state index is 0.109. The Balaban J connectivity index is 1.49. The van der Waals surface area contributed by atoms with Gasteiger partial charge in [-0.15, -0.1) is 0 Å². The van der Waals surface area contributed by atoms with Gasteiger partial charge in [0.15, 0.2) is 0 Å². The molecule has 1 aliphatic carbocycles. The number of pyridine rings is 1. The molecule has 0 spiro atoms. The van der Waals surface area contributed by atoms with E-state index >= 15 is 0 Å². The minimum Gasteiger partial charge on any atom is -0.334 e. The smallest absolute Gasteiger partial charge is 0.226 e. The molecule has 0 N–H and O–H groups in total. The summed E-state index contributed by atoms with van der Waals surface area (Å²) in [7, 11) is 0. The molecule has 4 heteroatoms. The number of aromatic nitrogens is 1. The molecule has 3 atom stereocenters. The summed E-state index contributed by atoms with van der Waals surface area (Å²) < 4.78 is 0. The molecule has 3 nitrogen and oxygen atoms in total. The number of benzene rings is 1. The number of hydrogen-bond donors (Lipinski definition) is 0. The van der Waals surface area contributed by atoms with Crippen LogP contribution in [0.4, 0.5) is 0 Å². The van der Waals surface area contributed by atoms with E-state index in [2.05, 4.69) is 11.1 Å². The lowest BCUT2D eigenvalue weighted by atomic mass is 10.1. The van der Waals surface area contributed by atoms with E-state index in [1.54, 1.807) is 0 Å². The van der Waals surface area contributed by atoms with Crippen LogP contribution in [0.3, 0.4) is 0 Å². The van der Waals surface area contributed by atoms with Gasteiger partial charge in [-0.1, -0.05) is 29.8 Å². The van der Waals surface area contributed by atoms with Crippen molar-refractivity contribution in [1.82, 2.24) is 9.88 Å². The van der Waals surface area contributed by atoms with Crippen LogP contribution in [-0.4, -0.2) is 22.3 Å². The molecule has 2 aromatic rings. The first-order valence-electron chi connectivity index (χ1n) is 8.21. The van der Waals surface area contributed by atoms with E-state index in [9.17, 15) is 4.79 Å². The lowest BCUT2D eigenvalue weighted by Crippen LogP contribution is -2.32. The topological polar surface area (TPSA) is 33.2 Å². The van der Waals surface area contributed by atoms with Crippen molar-refractivity contribution in [3.05, 3.63) is 64.9 Å². The lowest BCUT2D eigenvalue weighted by molar-refractivity contribution is -0.133. The zero-order valence-corrected chi connectivity index (χ0v) is 13.6. The molecule has 0 radical (unpaired) electrons. The number of carbonyl (C=O) groups excluding carboxylic acids is 1. The van der Waals surface area contributed by atoms with E-state index in [1.165, 1.54) is 5.56 Å². The van der Waals surface area contributed by atoms with Crippen molar-refractivity contribution in [2.75, 3.05) is 6.54 Å². The molecule has 1 aliphatic heterocycles. The summed E-state index contributed by atoms with van der Waals surface area (Å²) >= 11 is 6.07. The second kappa shape index (κ2) is 5.97. The van der Waals surface area contributed by atoms with E-state index in [1.807, 2.05) is 47.5 Å². The number of nitrogens with zero attached hydrogens (tertiary/aromatic N) is 2. The summed E-state index contributed by atoms with van der Waals surface area (Å²) in [5.74, 6) is 0.715. The molecule has 0 unspecified atom stereocenters. The van der Waals surface area contributed by atoms with E-state index in [0.29, 0.717) is 5.92 Å². The number of hydrogen-bond acceptors (Lipinski definition) is 2. The zero-order valence-electron chi connectivity index (χ0n) is 12.9. The molecule has 1 saturated heterocycles. The van der Waals surface area contributed by atoms with Gasteiger partial charge in [-0.05, 0) is 55.0 Å². The van der Waals surface area contributed by atoms with Crippen molar-refractivity contribution in [2.24, 2.45) is 5.92 Å². The number of rotatable bonds is 3. The highest BCUT2D eigenvalue weighted by atomic mass is 35.5. The van der Waals surface area contributed by atoms with Gasteiger partial charge in [-0.2, -0.15) is 0 Å². The fraction of sp³-hybridized carbons (Fsp3) is 0.368. The summed E-state index contributed by atoms with van der Waals surface area (Å²) in [6.45, 7) is 0.846. The normalized spacial score (nSPS) is 26.3. The van der Waals surface area contributed by atoms with E-state index in [-0.39, 0.29) is 17.9 Å². The van der Waals surface area contributed by atoms with E-state index < -0.39 is 0 Å². The first-order valence-corrected chi connectivity index (χ1v) is 8.59. The van der Waals surface area contributed by atoms with Gasteiger partial charge in [0.25, 0.3) is 0 Å². The number of carbonyl (C=O) groups is 1. The van der Waals surface area contributed by atoms with Crippen molar-refractivity contribution >= 4 is 17.5 Å². The maximum absolute atomic E-state index is 12.9. The van der Waals surface area contributed by atoms with Crippen molar-refractivity contribution in [1.29, 1.82) is 0 Å². The first kappa shape index (κ1) is 14.7. The molecule has 2 fully saturated rings. The van der Waals surface area contributed by atoms with Gasteiger partial charge in [0, 0.05) is 23.7 Å². The maximum Gasteiger partial charge on any atom is 0.226 e. The molecular weight excluding hydrogens is 308 g/mol. The summed E-state index contributed by atoms with van der Waals surface area (Å²) in [6.07, 6.45) is 4.81. The van der Waals surface area contributed by atoms with Crippen LogP contribution in [0.2, 0.25) is 5.02 Å². The van der Waals surface area contributed by atoms with Gasteiger partial charge in [-0.25, -0.2) is 0 Å². The maximum atomic E-state index is 12.9. The Morgan fingerprint density at radius 3 is 2.91 bits per heavy atom. The van der Waals surface area contributed by atoms with Gasteiger partial charge in [0.2, 0.25) is 5.91 Å². The van der Waals surface area contributed by atoms with Crippen molar-refractivity contribution in [2.45, 2.75) is 31.2 Å². The van der Waals surface area contributed by atoms with Crippen LogP contribution in [-0.2, 0) is 4.79 Å². The molecular formula is C19H19ClN2O.